The fourth-order valence-corrected chi connectivity index (χ4v) is 1.72. The molecule has 2 rings (SSSR count). The number of carbonyl (C=O) groups excluding carboxylic acids is 1. The molecule has 0 saturated carbocycles. The fraction of sp³-hybridized carbons (Fsp3) is 0.333. The van der Waals surface area contributed by atoms with E-state index in [0.29, 0.717) is 5.69 Å². The molecule has 96 valence electrons. The standard InChI is InChI=1S/C13H13NO2.C2H6/c1-8-4-5-11-10(6-8)9(2)7-12(14-11)13(15)16-3;1-2/h4-7H,1-3H3;1-2H3. The second kappa shape index (κ2) is 6.15. The molecule has 0 fully saturated rings. The number of esters is 1. The molecule has 0 N–H and O–H groups in total. The summed E-state index contributed by atoms with van der Waals surface area (Å²) in [5, 5.41) is 1.08. The molecule has 0 saturated heterocycles. The molecular formula is C15H19NO2. The highest BCUT2D eigenvalue weighted by molar-refractivity contribution is 5.92. The summed E-state index contributed by atoms with van der Waals surface area (Å²) < 4.78 is 4.66. The maximum absolute atomic E-state index is 11.4. The molecule has 0 aliphatic heterocycles. The molecule has 1 aromatic carbocycles. The number of pyridine rings is 1. The Morgan fingerprint density at radius 3 is 2.44 bits per heavy atom. The predicted octanol–water partition coefficient (Wildman–Crippen LogP) is 3.66. The number of rotatable bonds is 1. The third-order valence-corrected chi connectivity index (χ3v) is 2.57. The van der Waals surface area contributed by atoms with E-state index < -0.39 is 5.97 Å². The van der Waals surface area contributed by atoms with E-state index in [2.05, 4.69) is 15.8 Å². The van der Waals surface area contributed by atoms with Gasteiger partial charge in [-0.25, -0.2) is 9.78 Å². The Morgan fingerprint density at radius 1 is 1.17 bits per heavy atom. The molecule has 0 spiro atoms. The second-order valence-corrected chi connectivity index (χ2v) is 3.84. The smallest absolute Gasteiger partial charge is 0.356 e. The zero-order chi connectivity index (χ0) is 13.7. The number of aryl methyl sites for hydroxylation is 2. The molecular weight excluding hydrogens is 226 g/mol. The normalized spacial score (nSPS) is 9.61. The van der Waals surface area contributed by atoms with Crippen molar-refractivity contribution in [1.82, 2.24) is 4.98 Å². The van der Waals surface area contributed by atoms with Crippen LogP contribution in [0.2, 0.25) is 0 Å². The maximum atomic E-state index is 11.4. The van der Waals surface area contributed by atoms with Crippen LogP contribution in [0.4, 0.5) is 0 Å². The predicted molar refractivity (Wildman–Crippen MR) is 73.9 cm³/mol. The summed E-state index contributed by atoms with van der Waals surface area (Å²) in [5.41, 5.74) is 3.40. The molecule has 1 aromatic heterocycles. The van der Waals surface area contributed by atoms with Crippen molar-refractivity contribution < 1.29 is 9.53 Å². The quantitative estimate of drug-likeness (QED) is 0.720. The molecule has 2 aromatic rings. The highest BCUT2D eigenvalue weighted by Gasteiger charge is 2.10. The average Bonchev–Trinajstić information content (AvgIpc) is 2.40. The van der Waals surface area contributed by atoms with Gasteiger partial charge in [0, 0.05) is 5.39 Å². The van der Waals surface area contributed by atoms with Crippen LogP contribution < -0.4 is 0 Å². The summed E-state index contributed by atoms with van der Waals surface area (Å²) in [6.07, 6.45) is 0. The highest BCUT2D eigenvalue weighted by Crippen LogP contribution is 2.19. The second-order valence-electron chi connectivity index (χ2n) is 3.84. The summed E-state index contributed by atoms with van der Waals surface area (Å²) >= 11 is 0. The van der Waals surface area contributed by atoms with Crippen LogP contribution in [0.15, 0.2) is 24.3 Å². The van der Waals surface area contributed by atoms with Gasteiger partial charge in [0.1, 0.15) is 5.69 Å². The number of aromatic nitrogens is 1. The van der Waals surface area contributed by atoms with Crippen molar-refractivity contribution >= 4 is 16.9 Å². The average molecular weight is 245 g/mol. The molecule has 0 amide bonds. The van der Waals surface area contributed by atoms with Crippen LogP contribution >= 0.6 is 0 Å². The number of hydrogen-bond donors (Lipinski definition) is 0. The van der Waals surface area contributed by atoms with E-state index in [-0.39, 0.29) is 0 Å². The van der Waals surface area contributed by atoms with Gasteiger partial charge in [-0.05, 0) is 37.6 Å². The number of fused-ring (bicyclic) bond motifs is 1. The van der Waals surface area contributed by atoms with E-state index in [4.69, 9.17) is 0 Å². The molecule has 0 unspecified atom stereocenters. The van der Waals surface area contributed by atoms with Crippen LogP contribution in [0.3, 0.4) is 0 Å². The summed E-state index contributed by atoms with van der Waals surface area (Å²) in [6, 6.07) is 7.73. The molecule has 3 heteroatoms. The van der Waals surface area contributed by atoms with Gasteiger partial charge in [-0.15, -0.1) is 0 Å². The van der Waals surface area contributed by atoms with Gasteiger partial charge in [0.05, 0.1) is 12.6 Å². The number of carbonyl (C=O) groups is 1. The van der Waals surface area contributed by atoms with Crippen molar-refractivity contribution in [1.29, 1.82) is 0 Å². The Kier molecular flexibility index (Phi) is 4.84. The SMILES string of the molecule is CC.COC(=O)c1cc(C)c2cc(C)ccc2n1. The first-order valence-corrected chi connectivity index (χ1v) is 6.08. The van der Waals surface area contributed by atoms with Gasteiger partial charge in [0.2, 0.25) is 0 Å². The first-order valence-electron chi connectivity index (χ1n) is 6.08. The lowest BCUT2D eigenvalue weighted by atomic mass is 10.1. The van der Waals surface area contributed by atoms with Crippen molar-refractivity contribution in [2.45, 2.75) is 27.7 Å². The molecule has 0 bridgehead atoms. The summed E-state index contributed by atoms with van der Waals surface area (Å²) in [5.74, 6) is -0.398. The summed E-state index contributed by atoms with van der Waals surface area (Å²) in [6.45, 7) is 8.00. The lowest BCUT2D eigenvalue weighted by molar-refractivity contribution is 0.0594. The fourth-order valence-electron chi connectivity index (χ4n) is 1.72. The summed E-state index contributed by atoms with van der Waals surface area (Å²) in [7, 11) is 1.36. The van der Waals surface area contributed by atoms with Gasteiger partial charge in [-0.3, -0.25) is 0 Å². The Balaban J connectivity index is 0.000000771. The Labute approximate surface area is 108 Å². The molecule has 0 aliphatic carbocycles. The van der Waals surface area contributed by atoms with Crippen LogP contribution in [0.5, 0.6) is 0 Å². The van der Waals surface area contributed by atoms with E-state index in [1.807, 2.05) is 39.8 Å². The first kappa shape index (κ1) is 14.2. The van der Waals surface area contributed by atoms with Crippen LogP contribution in [-0.2, 0) is 4.74 Å². The zero-order valence-electron chi connectivity index (χ0n) is 11.6. The highest BCUT2D eigenvalue weighted by atomic mass is 16.5. The van der Waals surface area contributed by atoms with Gasteiger partial charge in [0.25, 0.3) is 0 Å². The number of hydrogen-bond acceptors (Lipinski definition) is 3. The zero-order valence-corrected chi connectivity index (χ0v) is 11.6. The number of benzene rings is 1. The molecule has 0 radical (unpaired) electrons. The van der Waals surface area contributed by atoms with Gasteiger partial charge in [-0.2, -0.15) is 0 Å². The van der Waals surface area contributed by atoms with E-state index in [1.165, 1.54) is 12.7 Å². The van der Waals surface area contributed by atoms with Gasteiger partial charge in [0.15, 0.2) is 0 Å². The van der Waals surface area contributed by atoms with Crippen molar-refractivity contribution in [2.75, 3.05) is 7.11 Å². The monoisotopic (exact) mass is 245 g/mol. The number of nitrogens with zero attached hydrogens (tertiary/aromatic N) is 1. The van der Waals surface area contributed by atoms with Crippen molar-refractivity contribution in [3.05, 3.63) is 41.1 Å². The minimum atomic E-state index is -0.398. The molecule has 0 atom stereocenters. The van der Waals surface area contributed by atoms with Crippen LogP contribution in [0, 0.1) is 13.8 Å². The molecule has 1 heterocycles. The topological polar surface area (TPSA) is 39.2 Å². The molecule has 18 heavy (non-hydrogen) atoms. The maximum Gasteiger partial charge on any atom is 0.356 e. The number of methoxy groups -OCH3 is 1. The van der Waals surface area contributed by atoms with E-state index >= 15 is 0 Å². The van der Waals surface area contributed by atoms with Crippen molar-refractivity contribution in [3.63, 3.8) is 0 Å². The first-order chi connectivity index (χ1) is 8.61. The van der Waals surface area contributed by atoms with E-state index in [0.717, 1.165) is 16.5 Å². The molecule has 3 nitrogen and oxygen atoms in total. The van der Waals surface area contributed by atoms with Crippen molar-refractivity contribution in [3.8, 4) is 0 Å². The lowest BCUT2D eigenvalue weighted by Gasteiger charge is -2.05. The third kappa shape index (κ3) is 2.86. The van der Waals surface area contributed by atoms with Crippen LogP contribution in [0.25, 0.3) is 10.9 Å². The largest absolute Gasteiger partial charge is 0.464 e. The van der Waals surface area contributed by atoms with Crippen LogP contribution in [-0.4, -0.2) is 18.1 Å². The third-order valence-electron chi connectivity index (χ3n) is 2.57. The number of ether oxygens (including phenoxy) is 1. The van der Waals surface area contributed by atoms with Gasteiger partial charge >= 0.3 is 5.97 Å². The van der Waals surface area contributed by atoms with Crippen LogP contribution in [0.1, 0.15) is 35.5 Å². The van der Waals surface area contributed by atoms with Gasteiger partial charge in [-0.1, -0.05) is 25.5 Å². The van der Waals surface area contributed by atoms with Crippen molar-refractivity contribution in [2.24, 2.45) is 0 Å². The Hall–Kier alpha value is -1.90. The lowest BCUT2D eigenvalue weighted by Crippen LogP contribution is -2.05. The Morgan fingerprint density at radius 2 is 1.83 bits per heavy atom. The summed E-state index contributed by atoms with van der Waals surface area (Å²) in [4.78, 5) is 15.7. The Bertz CT molecular complexity index is 562. The minimum absolute atomic E-state index is 0.358. The van der Waals surface area contributed by atoms with Gasteiger partial charge < -0.3 is 4.74 Å². The minimum Gasteiger partial charge on any atom is -0.464 e. The van der Waals surface area contributed by atoms with E-state index in [9.17, 15) is 4.79 Å². The molecule has 0 aliphatic rings. The van der Waals surface area contributed by atoms with E-state index in [1.54, 1.807) is 6.07 Å².